The Kier molecular flexibility index (Phi) is 5.78. The molecule has 118 valence electrons. The summed E-state index contributed by atoms with van der Waals surface area (Å²) in [7, 11) is 1.57. The Labute approximate surface area is 127 Å². The molecule has 0 amide bonds. The molecule has 4 heteroatoms. The summed E-state index contributed by atoms with van der Waals surface area (Å²) in [6.07, 6.45) is 4.40. The molecule has 0 saturated heterocycles. The van der Waals surface area contributed by atoms with Gasteiger partial charge < -0.3 is 15.2 Å². The molecule has 1 atom stereocenters. The molecule has 0 radical (unpaired) electrons. The van der Waals surface area contributed by atoms with Crippen molar-refractivity contribution in [3.05, 3.63) is 35.3 Å². The van der Waals surface area contributed by atoms with Gasteiger partial charge in [-0.2, -0.15) is 0 Å². The summed E-state index contributed by atoms with van der Waals surface area (Å²) < 4.78 is 10.6. The van der Waals surface area contributed by atoms with E-state index in [9.17, 15) is 4.79 Å². The molecule has 1 unspecified atom stereocenters. The molecule has 0 spiro atoms. The second-order valence-corrected chi connectivity index (χ2v) is 6.57. The molecule has 21 heavy (non-hydrogen) atoms. The lowest BCUT2D eigenvalue weighted by Gasteiger charge is -2.23. The largest absolute Gasteiger partial charge is 0.500 e. The lowest BCUT2D eigenvalue weighted by Crippen LogP contribution is -2.25. The van der Waals surface area contributed by atoms with Gasteiger partial charge in [0.25, 0.3) is 0 Å². The normalized spacial score (nSPS) is 17.1. The van der Waals surface area contributed by atoms with Crippen molar-refractivity contribution in [2.45, 2.75) is 53.0 Å². The van der Waals surface area contributed by atoms with Gasteiger partial charge in [-0.1, -0.05) is 12.2 Å². The van der Waals surface area contributed by atoms with Crippen molar-refractivity contribution in [1.82, 2.24) is 0 Å². The zero-order valence-corrected chi connectivity index (χ0v) is 13.8. The zero-order valence-electron chi connectivity index (χ0n) is 13.8. The summed E-state index contributed by atoms with van der Waals surface area (Å²) in [4.78, 5) is 12.0. The summed E-state index contributed by atoms with van der Waals surface area (Å²) in [6.45, 7) is 11.3. The van der Waals surface area contributed by atoms with Crippen molar-refractivity contribution in [1.29, 1.82) is 0 Å². The molecule has 0 saturated carbocycles. The molecule has 0 aromatic heterocycles. The van der Waals surface area contributed by atoms with Crippen LogP contribution in [0.5, 0.6) is 0 Å². The second-order valence-electron chi connectivity index (χ2n) is 6.57. The van der Waals surface area contributed by atoms with Crippen LogP contribution in [-0.2, 0) is 14.3 Å². The van der Waals surface area contributed by atoms with Crippen molar-refractivity contribution in [2.24, 2.45) is 11.1 Å². The van der Waals surface area contributed by atoms with Crippen LogP contribution in [-0.4, -0.2) is 19.1 Å². The summed E-state index contributed by atoms with van der Waals surface area (Å²) in [5.41, 5.74) is 7.75. The Morgan fingerprint density at radius 1 is 1.43 bits per heavy atom. The molecule has 0 aromatic carbocycles. The maximum Gasteiger partial charge on any atom is 0.316 e. The maximum atomic E-state index is 12.0. The molecule has 0 heterocycles. The molecule has 0 fully saturated rings. The fourth-order valence-corrected chi connectivity index (χ4v) is 1.93. The Bertz CT molecular complexity index is 481. The number of hydrogen-bond donors (Lipinski definition) is 1. The van der Waals surface area contributed by atoms with E-state index in [-0.39, 0.29) is 12.0 Å². The summed E-state index contributed by atoms with van der Waals surface area (Å²) >= 11 is 0. The number of carbonyl (C=O) groups is 1. The van der Waals surface area contributed by atoms with E-state index in [2.05, 4.69) is 6.58 Å². The van der Waals surface area contributed by atoms with E-state index < -0.39 is 5.41 Å². The highest BCUT2D eigenvalue weighted by atomic mass is 16.5. The standard InChI is InChI=1S/C17H27NO3/c1-11-7-8-13(9-14(18)12(2)20-6)10-15(11)21-16(19)17(3,4)5/h10,14H,2,7-9,18H2,1,3-6H3. The zero-order chi connectivity index (χ0) is 16.2. The number of hydrogen-bond acceptors (Lipinski definition) is 4. The van der Waals surface area contributed by atoms with Gasteiger partial charge in [-0.25, -0.2) is 0 Å². The van der Waals surface area contributed by atoms with E-state index in [4.69, 9.17) is 15.2 Å². The fourth-order valence-electron chi connectivity index (χ4n) is 1.93. The van der Waals surface area contributed by atoms with E-state index in [0.717, 1.165) is 24.0 Å². The molecule has 2 N–H and O–H groups in total. The lowest BCUT2D eigenvalue weighted by molar-refractivity contribution is -0.148. The lowest BCUT2D eigenvalue weighted by atomic mass is 9.92. The fraction of sp³-hybridized carbons (Fsp3) is 0.588. The molecule has 4 nitrogen and oxygen atoms in total. The van der Waals surface area contributed by atoms with Crippen molar-refractivity contribution in [3.8, 4) is 0 Å². The number of methoxy groups -OCH3 is 1. The maximum absolute atomic E-state index is 12.0. The quantitative estimate of drug-likeness (QED) is 0.623. The third kappa shape index (κ3) is 5.05. The highest BCUT2D eigenvalue weighted by molar-refractivity contribution is 5.76. The monoisotopic (exact) mass is 293 g/mol. The van der Waals surface area contributed by atoms with Gasteiger partial charge in [0.05, 0.1) is 18.6 Å². The van der Waals surface area contributed by atoms with Crippen LogP contribution in [0.1, 0.15) is 47.0 Å². The third-order valence-corrected chi connectivity index (χ3v) is 3.55. The van der Waals surface area contributed by atoms with Crippen molar-refractivity contribution < 1.29 is 14.3 Å². The molecular formula is C17H27NO3. The molecule has 1 rings (SSSR count). The highest BCUT2D eigenvalue weighted by Gasteiger charge is 2.26. The van der Waals surface area contributed by atoms with Crippen LogP contribution in [0.3, 0.4) is 0 Å². The first-order valence-corrected chi connectivity index (χ1v) is 7.25. The van der Waals surface area contributed by atoms with Gasteiger partial charge in [-0.15, -0.1) is 0 Å². The van der Waals surface area contributed by atoms with E-state index in [1.807, 2.05) is 33.8 Å². The number of esters is 1. The first-order valence-electron chi connectivity index (χ1n) is 7.25. The van der Waals surface area contributed by atoms with Crippen LogP contribution in [0.2, 0.25) is 0 Å². The Morgan fingerprint density at radius 2 is 2.05 bits per heavy atom. The SMILES string of the molecule is C=C(OC)C(N)CC1=CC(OC(=O)C(C)(C)C)=C(C)CC1. The molecule has 0 bridgehead atoms. The van der Waals surface area contributed by atoms with Gasteiger partial charge in [-0.3, -0.25) is 4.79 Å². The average Bonchev–Trinajstić information content (AvgIpc) is 2.40. The van der Waals surface area contributed by atoms with Crippen molar-refractivity contribution in [2.75, 3.05) is 7.11 Å². The molecule has 1 aliphatic rings. The molecule has 0 aliphatic heterocycles. The predicted molar refractivity (Wildman–Crippen MR) is 84.3 cm³/mol. The second kappa shape index (κ2) is 6.94. The number of carbonyl (C=O) groups excluding carboxylic acids is 1. The minimum absolute atomic E-state index is 0.222. The van der Waals surface area contributed by atoms with Crippen LogP contribution >= 0.6 is 0 Å². The Balaban J connectivity index is 2.80. The van der Waals surface area contributed by atoms with Crippen LogP contribution in [0.4, 0.5) is 0 Å². The Hall–Kier alpha value is -1.55. The van der Waals surface area contributed by atoms with Gasteiger partial charge in [0.15, 0.2) is 0 Å². The first kappa shape index (κ1) is 17.5. The van der Waals surface area contributed by atoms with E-state index in [0.29, 0.717) is 17.9 Å². The van der Waals surface area contributed by atoms with Gasteiger partial charge in [0.1, 0.15) is 11.5 Å². The average molecular weight is 293 g/mol. The predicted octanol–water partition coefficient (Wildman–Crippen LogP) is 3.45. The smallest absolute Gasteiger partial charge is 0.316 e. The summed E-state index contributed by atoms with van der Waals surface area (Å²) in [5, 5.41) is 0. The van der Waals surface area contributed by atoms with Gasteiger partial charge >= 0.3 is 5.97 Å². The van der Waals surface area contributed by atoms with Gasteiger partial charge in [0, 0.05) is 0 Å². The van der Waals surface area contributed by atoms with E-state index >= 15 is 0 Å². The van der Waals surface area contributed by atoms with Crippen molar-refractivity contribution in [3.63, 3.8) is 0 Å². The van der Waals surface area contributed by atoms with Crippen LogP contribution in [0, 0.1) is 5.41 Å². The molecular weight excluding hydrogens is 266 g/mol. The number of nitrogens with two attached hydrogens (primary N) is 1. The minimum Gasteiger partial charge on any atom is -0.500 e. The van der Waals surface area contributed by atoms with E-state index in [1.54, 1.807) is 7.11 Å². The van der Waals surface area contributed by atoms with Crippen molar-refractivity contribution >= 4 is 5.97 Å². The third-order valence-electron chi connectivity index (χ3n) is 3.55. The number of ether oxygens (including phenoxy) is 2. The minimum atomic E-state index is -0.514. The van der Waals surface area contributed by atoms with E-state index in [1.165, 1.54) is 0 Å². The summed E-state index contributed by atoms with van der Waals surface area (Å²) in [5.74, 6) is 1.00. The van der Waals surface area contributed by atoms with Crippen LogP contribution < -0.4 is 5.73 Å². The topological polar surface area (TPSA) is 61.6 Å². The highest BCUT2D eigenvalue weighted by Crippen LogP contribution is 2.29. The number of rotatable bonds is 5. The Morgan fingerprint density at radius 3 is 2.57 bits per heavy atom. The van der Waals surface area contributed by atoms with Crippen LogP contribution in [0.25, 0.3) is 0 Å². The molecule has 1 aliphatic carbocycles. The van der Waals surface area contributed by atoms with Gasteiger partial charge in [0.2, 0.25) is 0 Å². The molecule has 0 aromatic rings. The first-order chi connectivity index (χ1) is 9.65. The van der Waals surface area contributed by atoms with Gasteiger partial charge in [-0.05, 0) is 58.6 Å². The summed E-state index contributed by atoms with van der Waals surface area (Å²) in [6, 6.07) is -0.237. The van der Waals surface area contributed by atoms with Crippen LogP contribution in [0.15, 0.2) is 35.3 Å². The number of allylic oxidation sites excluding steroid dienone is 2.